The third-order valence-corrected chi connectivity index (χ3v) is 4.37. The highest BCUT2D eigenvalue weighted by Crippen LogP contribution is 2.21. The van der Waals surface area contributed by atoms with Gasteiger partial charge < -0.3 is 14.5 Å². The van der Waals surface area contributed by atoms with E-state index in [1.165, 1.54) is 11.3 Å². The van der Waals surface area contributed by atoms with Crippen molar-refractivity contribution in [1.82, 2.24) is 15.0 Å². The van der Waals surface area contributed by atoms with E-state index < -0.39 is 5.97 Å². The van der Waals surface area contributed by atoms with Crippen LogP contribution in [0.1, 0.15) is 39.0 Å². The fraction of sp³-hybridized carbons (Fsp3) is 0.500. The normalized spacial score (nSPS) is 11.0. The highest BCUT2D eigenvalue weighted by Gasteiger charge is 2.18. The number of rotatable bonds is 9. The summed E-state index contributed by atoms with van der Waals surface area (Å²) in [5, 5.41) is 14.6. The van der Waals surface area contributed by atoms with Gasteiger partial charge in [-0.05, 0) is 31.7 Å². The monoisotopic (exact) mass is 351 g/mol. The Balaban J connectivity index is 1.82. The molecule has 0 spiro atoms. The number of aliphatic carboxylic acids is 1. The number of thiophene rings is 1. The van der Waals surface area contributed by atoms with E-state index in [4.69, 9.17) is 9.63 Å². The number of hydrogen-bond donors (Lipinski definition) is 1. The summed E-state index contributed by atoms with van der Waals surface area (Å²) in [5.74, 6) is 0.120. The maximum Gasteiger partial charge on any atom is 0.305 e. The van der Waals surface area contributed by atoms with Crippen LogP contribution in [-0.2, 0) is 16.0 Å². The molecule has 2 rings (SSSR count). The molecule has 7 nitrogen and oxygen atoms in total. The molecule has 2 aromatic heterocycles. The Morgan fingerprint density at radius 1 is 1.38 bits per heavy atom. The maximum absolute atomic E-state index is 12.2. The van der Waals surface area contributed by atoms with Crippen molar-refractivity contribution in [2.24, 2.45) is 0 Å². The van der Waals surface area contributed by atoms with Crippen molar-refractivity contribution in [3.8, 4) is 10.7 Å². The van der Waals surface area contributed by atoms with Gasteiger partial charge in [-0.25, -0.2) is 0 Å². The molecule has 8 heteroatoms. The zero-order valence-electron chi connectivity index (χ0n) is 13.8. The predicted molar refractivity (Wildman–Crippen MR) is 89.7 cm³/mol. The lowest BCUT2D eigenvalue weighted by molar-refractivity contribution is -0.139. The minimum atomic E-state index is -0.902. The van der Waals surface area contributed by atoms with Crippen LogP contribution in [0.3, 0.4) is 0 Å². The van der Waals surface area contributed by atoms with Crippen LogP contribution in [0, 0.1) is 0 Å². The first kappa shape index (κ1) is 18.1. The van der Waals surface area contributed by atoms with Crippen LogP contribution in [-0.4, -0.2) is 44.6 Å². The summed E-state index contributed by atoms with van der Waals surface area (Å²) in [6.07, 6.45) is 1.39. The van der Waals surface area contributed by atoms with Gasteiger partial charge in [-0.15, -0.1) is 11.3 Å². The molecule has 0 saturated heterocycles. The lowest BCUT2D eigenvalue weighted by atomic mass is 10.2. The summed E-state index contributed by atoms with van der Waals surface area (Å²) in [6.45, 7) is 3.99. The summed E-state index contributed by atoms with van der Waals surface area (Å²) < 4.78 is 5.20. The molecule has 0 saturated carbocycles. The predicted octanol–water partition coefficient (Wildman–Crippen LogP) is 2.83. The number of aryl methyl sites for hydroxylation is 1. The molecule has 0 aliphatic rings. The van der Waals surface area contributed by atoms with Gasteiger partial charge in [-0.1, -0.05) is 11.2 Å². The Labute approximate surface area is 144 Å². The number of carboxylic acid groups (broad SMARTS) is 1. The Morgan fingerprint density at radius 2 is 2.17 bits per heavy atom. The molecule has 2 aromatic rings. The fourth-order valence-corrected chi connectivity index (χ4v) is 2.93. The molecule has 1 amide bonds. The van der Waals surface area contributed by atoms with E-state index in [2.05, 4.69) is 10.1 Å². The molecule has 130 valence electrons. The SMILES string of the molecule is CC(C)N(CCC(=O)O)C(=O)CCCc1nc(-c2cccs2)no1. The van der Waals surface area contributed by atoms with E-state index in [1.807, 2.05) is 31.4 Å². The quantitative estimate of drug-likeness (QED) is 0.746. The van der Waals surface area contributed by atoms with Crippen LogP contribution in [0.4, 0.5) is 0 Å². The van der Waals surface area contributed by atoms with Crippen molar-refractivity contribution in [2.45, 2.75) is 45.6 Å². The standard InChI is InChI=1S/C16H21N3O4S/c1-11(2)19(9-8-15(21)22)14(20)7-3-6-13-17-16(18-23-13)12-5-4-10-24-12/h4-5,10-11H,3,6-9H2,1-2H3,(H,21,22). The zero-order valence-corrected chi connectivity index (χ0v) is 14.6. The van der Waals surface area contributed by atoms with Gasteiger partial charge in [0.2, 0.25) is 17.6 Å². The minimum Gasteiger partial charge on any atom is -0.481 e. The molecular weight excluding hydrogens is 330 g/mol. The van der Waals surface area contributed by atoms with Crippen molar-refractivity contribution < 1.29 is 19.2 Å². The number of carbonyl (C=O) groups is 2. The second kappa shape index (κ2) is 8.58. The summed E-state index contributed by atoms with van der Waals surface area (Å²) in [6, 6.07) is 3.82. The van der Waals surface area contributed by atoms with Gasteiger partial charge >= 0.3 is 5.97 Å². The smallest absolute Gasteiger partial charge is 0.305 e. The van der Waals surface area contributed by atoms with Crippen molar-refractivity contribution in [3.05, 3.63) is 23.4 Å². The Hall–Kier alpha value is -2.22. The minimum absolute atomic E-state index is 0.0225. The van der Waals surface area contributed by atoms with Gasteiger partial charge in [0.1, 0.15) is 0 Å². The number of aromatic nitrogens is 2. The molecule has 0 unspecified atom stereocenters. The summed E-state index contributed by atoms with van der Waals surface area (Å²) in [7, 11) is 0. The zero-order chi connectivity index (χ0) is 17.5. The van der Waals surface area contributed by atoms with E-state index in [-0.39, 0.29) is 24.9 Å². The molecule has 1 N–H and O–H groups in total. The van der Waals surface area contributed by atoms with Crippen LogP contribution in [0.15, 0.2) is 22.0 Å². The van der Waals surface area contributed by atoms with E-state index in [0.717, 1.165) is 4.88 Å². The largest absolute Gasteiger partial charge is 0.481 e. The van der Waals surface area contributed by atoms with Gasteiger partial charge in [0.25, 0.3) is 0 Å². The van der Waals surface area contributed by atoms with Crippen molar-refractivity contribution in [2.75, 3.05) is 6.54 Å². The number of carbonyl (C=O) groups excluding carboxylic acids is 1. The molecule has 0 aliphatic heterocycles. The van der Waals surface area contributed by atoms with Crippen molar-refractivity contribution in [3.63, 3.8) is 0 Å². The molecule has 24 heavy (non-hydrogen) atoms. The Morgan fingerprint density at radius 3 is 2.79 bits per heavy atom. The molecule has 2 heterocycles. The number of nitrogens with zero attached hydrogens (tertiary/aromatic N) is 3. The summed E-state index contributed by atoms with van der Waals surface area (Å²) in [5.41, 5.74) is 0. The third-order valence-electron chi connectivity index (χ3n) is 3.50. The lowest BCUT2D eigenvalue weighted by Gasteiger charge is -2.26. The first-order valence-electron chi connectivity index (χ1n) is 7.85. The molecule has 0 aromatic carbocycles. The second-order valence-corrected chi connectivity index (χ2v) is 6.61. The molecule has 0 atom stereocenters. The highest BCUT2D eigenvalue weighted by molar-refractivity contribution is 7.13. The lowest BCUT2D eigenvalue weighted by Crippen LogP contribution is -2.38. The fourth-order valence-electron chi connectivity index (χ4n) is 2.28. The average Bonchev–Trinajstić information content (AvgIpc) is 3.17. The number of amides is 1. The second-order valence-electron chi connectivity index (χ2n) is 5.67. The van der Waals surface area contributed by atoms with Gasteiger partial charge in [0.05, 0.1) is 11.3 Å². The average molecular weight is 351 g/mol. The molecule has 0 radical (unpaired) electrons. The first-order chi connectivity index (χ1) is 11.5. The van der Waals surface area contributed by atoms with Crippen LogP contribution in [0.5, 0.6) is 0 Å². The van der Waals surface area contributed by atoms with Gasteiger partial charge in [0.15, 0.2) is 0 Å². The third kappa shape index (κ3) is 5.16. The maximum atomic E-state index is 12.2. The van der Waals surface area contributed by atoms with Crippen LogP contribution in [0.25, 0.3) is 10.7 Å². The van der Waals surface area contributed by atoms with E-state index in [0.29, 0.717) is 31.0 Å². The first-order valence-corrected chi connectivity index (χ1v) is 8.73. The molecule has 0 aliphatic carbocycles. The van der Waals surface area contributed by atoms with Crippen molar-refractivity contribution >= 4 is 23.2 Å². The molecule has 0 bridgehead atoms. The Kier molecular flexibility index (Phi) is 6.48. The van der Waals surface area contributed by atoms with Gasteiger partial charge in [-0.3, -0.25) is 9.59 Å². The summed E-state index contributed by atoms with van der Waals surface area (Å²) >= 11 is 1.54. The molecule has 0 fully saturated rings. The molecular formula is C16H21N3O4S. The topological polar surface area (TPSA) is 96.5 Å². The summed E-state index contributed by atoms with van der Waals surface area (Å²) in [4.78, 5) is 29.8. The van der Waals surface area contributed by atoms with Crippen LogP contribution >= 0.6 is 11.3 Å². The van der Waals surface area contributed by atoms with Gasteiger partial charge in [0, 0.05) is 25.4 Å². The number of carboxylic acids is 1. The van der Waals surface area contributed by atoms with Crippen LogP contribution < -0.4 is 0 Å². The van der Waals surface area contributed by atoms with Crippen LogP contribution in [0.2, 0.25) is 0 Å². The van der Waals surface area contributed by atoms with E-state index in [1.54, 1.807) is 4.90 Å². The van der Waals surface area contributed by atoms with Crippen molar-refractivity contribution in [1.29, 1.82) is 0 Å². The number of hydrogen-bond acceptors (Lipinski definition) is 6. The van der Waals surface area contributed by atoms with E-state index >= 15 is 0 Å². The van der Waals surface area contributed by atoms with E-state index in [9.17, 15) is 9.59 Å². The van der Waals surface area contributed by atoms with Gasteiger partial charge in [-0.2, -0.15) is 4.98 Å². The highest BCUT2D eigenvalue weighted by atomic mass is 32.1. The Bertz CT molecular complexity index is 667.